The minimum Gasteiger partial charge on any atom is -0.319 e. The van der Waals surface area contributed by atoms with Crippen molar-refractivity contribution in [2.75, 3.05) is 13.6 Å². The first-order valence-electron chi connectivity index (χ1n) is 4.50. The lowest BCUT2D eigenvalue weighted by molar-refractivity contribution is 0.809. The molecule has 0 aliphatic rings. The molecule has 0 radical (unpaired) electrons. The quantitative estimate of drug-likeness (QED) is 0.779. The van der Waals surface area contributed by atoms with E-state index < -0.39 is 0 Å². The third kappa shape index (κ3) is 3.70. The minimum atomic E-state index is 0.669. The van der Waals surface area contributed by atoms with Crippen LogP contribution in [0.15, 0.2) is 24.3 Å². The predicted molar refractivity (Wildman–Crippen MR) is 64.0 cm³/mol. The van der Waals surface area contributed by atoms with Gasteiger partial charge in [-0.2, -0.15) is 0 Å². The Labute approximate surface area is 94.7 Å². The van der Waals surface area contributed by atoms with Crippen LogP contribution < -0.4 is 5.32 Å². The monoisotopic (exact) mass is 229 g/mol. The maximum absolute atomic E-state index is 5.99. The summed E-state index contributed by atoms with van der Waals surface area (Å²) in [6.45, 7) is 0.974. The van der Waals surface area contributed by atoms with Crippen molar-refractivity contribution >= 4 is 29.3 Å². The molecule has 0 heterocycles. The Hall–Kier alpha value is -0.500. The summed E-state index contributed by atoms with van der Waals surface area (Å²) >= 11 is 11.8. The molecule has 0 aromatic heterocycles. The van der Waals surface area contributed by atoms with Crippen LogP contribution in [0.2, 0.25) is 10.0 Å². The van der Waals surface area contributed by atoms with Crippen LogP contribution in [0.5, 0.6) is 0 Å². The molecule has 0 amide bonds. The Balaban J connectivity index is 2.62. The highest BCUT2D eigenvalue weighted by Gasteiger charge is 1.96. The molecular formula is C11H13Cl2N. The van der Waals surface area contributed by atoms with Crippen LogP contribution in [0.4, 0.5) is 0 Å². The zero-order chi connectivity index (χ0) is 10.4. The standard InChI is InChI=1S/C11H13Cl2N/c1-14-7-3-2-4-9-5-6-10(12)8-11(9)13/h2,4-6,8,14H,3,7H2,1H3. The van der Waals surface area contributed by atoms with E-state index in [0.29, 0.717) is 10.0 Å². The molecule has 0 atom stereocenters. The van der Waals surface area contributed by atoms with E-state index in [-0.39, 0.29) is 0 Å². The third-order valence-corrected chi connectivity index (χ3v) is 2.38. The topological polar surface area (TPSA) is 12.0 Å². The van der Waals surface area contributed by atoms with Gasteiger partial charge in [0.05, 0.1) is 0 Å². The van der Waals surface area contributed by atoms with E-state index in [1.54, 1.807) is 6.07 Å². The number of benzene rings is 1. The summed E-state index contributed by atoms with van der Waals surface area (Å²) in [6, 6.07) is 5.51. The molecule has 0 fully saturated rings. The molecule has 3 heteroatoms. The van der Waals surface area contributed by atoms with E-state index in [9.17, 15) is 0 Å². The van der Waals surface area contributed by atoms with Crippen molar-refractivity contribution in [1.29, 1.82) is 0 Å². The van der Waals surface area contributed by atoms with Gasteiger partial charge in [0.25, 0.3) is 0 Å². The second kappa shape index (κ2) is 6.07. The number of nitrogens with one attached hydrogen (secondary N) is 1. The smallest absolute Gasteiger partial charge is 0.0493 e. The fraction of sp³-hybridized carbons (Fsp3) is 0.273. The van der Waals surface area contributed by atoms with Crippen molar-refractivity contribution in [2.45, 2.75) is 6.42 Å². The SMILES string of the molecule is CNCCC=Cc1ccc(Cl)cc1Cl. The third-order valence-electron chi connectivity index (χ3n) is 1.82. The van der Waals surface area contributed by atoms with E-state index in [2.05, 4.69) is 11.4 Å². The first-order chi connectivity index (χ1) is 6.74. The molecule has 1 aromatic rings. The van der Waals surface area contributed by atoms with Gasteiger partial charge in [-0.1, -0.05) is 41.4 Å². The Kier molecular flexibility index (Phi) is 5.02. The normalized spacial score (nSPS) is 11.1. The Morgan fingerprint density at radius 2 is 2.14 bits per heavy atom. The molecule has 14 heavy (non-hydrogen) atoms. The fourth-order valence-electron chi connectivity index (χ4n) is 1.07. The van der Waals surface area contributed by atoms with Crippen LogP contribution in [0.25, 0.3) is 6.08 Å². The Morgan fingerprint density at radius 3 is 2.79 bits per heavy atom. The van der Waals surface area contributed by atoms with Gasteiger partial charge in [-0.25, -0.2) is 0 Å². The number of halogens is 2. The van der Waals surface area contributed by atoms with E-state index in [1.165, 1.54) is 0 Å². The highest BCUT2D eigenvalue weighted by molar-refractivity contribution is 6.35. The summed E-state index contributed by atoms with van der Waals surface area (Å²) in [6.07, 6.45) is 5.09. The molecular weight excluding hydrogens is 217 g/mol. The molecule has 0 saturated heterocycles. The van der Waals surface area contributed by atoms with Crippen molar-refractivity contribution < 1.29 is 0 Å². The Morgan fingerprint density at radius 1 is 1.36 bits per heavy atom. The van der Waals surface area contributed by atoms with Crippen LogP contribution in [-0.2, 0) is 0 Å². The summed E-state index contributed by atoms with van der Waals surface area (Å²) < 4.78 is 0. The van der Waals surface area contributed by atoms with Crippen molar-refractivity contribution in [1.82, 2.24) is 5.32 Å². The molecule has 1 rings (SSSR count). The fourth-order valence-corrected chi connectivity index (χ4v) is 1.55. The average Bonchev–Trinajstić information content (AvgIpc) is 2.15. The van der Waals surface area contributed by atoms with Crippen LogP contribution >= 0.6 is 23.2 Å². The zero-order valence-electron chi connectivity index (χ0n) is 8.06. The minimum absolute atomic E-state index is 0.669. The molecule has 0 bridgehead atoms. The first kappa shape index (κ1) is 11.6. The van der Waals surface area contributed by atoms with E-state index in [4.69, 9.17) is 23.2 Å². The van der Waals surface area contributed by atoms with Crippen molar-refractivity contribution in [3.05, 3.63) is 39.9 Å². The lowest BCUT2D eigenvalue weighted by Crippen LogP contribution is -2.05. The van der Waals surface area contributed by atoms with Crippen LogP contribution in [0.1, 0.15) is 12.0 Å². The molecule has 76 valence electrons. The van der Waals surface area contributed by atoms with Crippen molar-refractivity contribution in [2.24, 2.45) is 0 Å². The second-order valence-electron chi connectivity index (χ2n) is 2.96. The number of rotatable bonds is 4. The predicted octanol–water partition coefficient (Wildman–Crippen LogP) is 3.62. The molecule has 1 nitrogen and oxygen atoms in total. The van der Waals surface area contributed by atoms with Gasteiger partial charge in [-0.3, -0.25) is 0 Å². The molecule has 0 spiro atoms. The second-order valence-corrected chi connectivity index (χ2v) is 3.80. The van der Waals surface area contributed by atoms with Gasteiger partial charge in [0.15, 0.2) is 0 Å². The summed E-state index contributed by atoms with van der Waals surface area (Å²) in [4.78, 5) is 0. The van der Waals surface area contributed by atoms with Crippen LogP contribution in [0.3, 0.4) is 0 Å². The summed E-state index contributed by atoms with van der Waals surface area (Å²) in [5.41, 5.74) is 1.01. The maximum Gasteiger partial charge on any atom is 0.0493 e. The van der Waals surface area contributed by atoms with Gasteiger partial charge in [-0.15, -0.1) is 0 Å². The van der Waals surface area contributed by atoms with E-state index in [1.807, 2.05) is 25.3 Å². The van der Waals surface area contributed by atoms with Gasteiger partial charge in [-0.05, 0) is 37.7 Å². The summed E-state index contributed by atoms with van der Waals surface area (Å²) in [5.74, 6) is 0. The average molecular weight is 230 g/mol. The highest BCUT2D eigenvalue weighted by Crippen LogP contribution is 2.21. The number of hydrogen-bond acceptors (Lipinski definition) is 1. The van der Waals surface area contributed by atoms with Gasteiger partial charge >= 0.3 is 0 Å². The van der Waals surface area contributed by atoms with Gasteiger partial charge in [0, 0.05) is 10.0 Å². The van der Waals surface area contributed by atoms with Gasteiger partial charge in [0.1, 0.15) is 0 Å². The van der Waals surface area contributed by atoms with E-state index >= 15 is 0 Å². The van der Waals surface area contributed by atoms with Crippen LogP contribution in [0, 0.1) is 0 Å². The molecule has 1 aromatic carbocycles. The molecule has 0 aliphatic heterocycles. The lowest BCUT2D eigenvalue weighted by Gasteiger charge is -1.98. The first-order valence-corrected chi connectivity index (χ1v) is 5.26. The summed E-state index contributed by atoms with van der Waals surface area (Å²) in [5, 5.41) is 4.43. The molecule has 0 unspecified atom stereocenters. The number of hydrogen-bond donors (Lipinski definition) is 1. The Bertz CT molecular complexity index is 321. The van der Waals surface area contributed by atoms with Gasteiger partial charge in [0.2, 0.25) is 0 Å². The largest absolute Gasteiger partial charge is 0.319 e. The molecule has 0 aliphatic carbocycles. The highest BCUT2D eigenvalue weighted by atomic mass is 35.5. The van der Waals surface area contributed by atoms with Crippen LogP contribution in [-0.4, -0.2) is 13.6 Å². The maximum atomic E-state index is 5.99. The van der Waals surface area contributed by atoms with Crippen molar-refractivity contribution in [3.63, 3.8) is 0 Å². The molecule has 0 saturated carbocycles. The summed E-state index contributed by atoms with van der Waals surface area (Å²) in [7, 11) is 1.93. The zero-order valence-corrected chi connectivity index (χ0v) is 9.57. The van der Waals surface area contributed by atoms with E-state index in [0.717, 1.165) is 18.5 Å². The lowest BCUT2D eigenvalue weighted by atomic mass is 10.2. The molecule has 1 N–H and O–H groups in total. The van der Waals surface area contributed by atoms with Gasteiger partial charge < -0.3 is 5.32 Å². The van der Waals surface area contributed by atoms with Crippen molar-refractivity contribution in [3.8, 4) is 0 Å².